The predicted molar refractivity (Wildman–Crippen MR) is 113 cm³/mol. The molecule has 0 aliphatic rings. The molecule has 0 saturated carbocycles. The quantitative estimate of drug-likeness (QED) is 0.274. The van der Waals surface area contributed by atoms with Crippen LogP contribution in [0.15, 0.2) is 36.4 Å². The number of para-hydroxylation sites is 1. The van der Waals surface area contributed by atoms with Gasteiger partial charge in [-0.2, -0.15) is 4.68 Å². The summed E-state index contributed by atoms with van der Waals surface area (Å²) < 4.78 is 1.44. The van der Waals surface area contributed by atoms with E-state index in [1.807, 2.05) is 24.3 Å². The minimum absolute atomic E-state index is 0.0339. The molecule has 4 heteroatoms. The van der Waals surface area contributed by atoms with Gasteiger partial charge in [0.25, 0.3) is 0 Å². The molecule has 0 fully saturated rings. The summed E-state index contributed by atoms with van der Waals surface area (Å²) in [5.41, 5.74) is 1.57. The molecule has 0 aliphatic carbocycles. The lowest BCUT2D eigenvalue weighted by molar-refractivity contribution is 0.0886. The third kappa shape index (κ3) is 8.06. The number of allylic oxidation sites excluding steroid dienone is 2. The molecule has 148 valence electrons. The van der Waals surface area contributed by atoms with Crippen LogP contribution in [-0.4, -0.2) is 20.9 Å². The molecule has 2 rings (SSSR count). The van der Waals surface area contributed by atoms with Gasteiger partial charge >= 0.3 is 0 Å². The van der Waals surface area contributed by atoms with E-state index < -0.39 is 0 Å². The van der Waals surface area contributed by atoms with E-state index in [1.54, 1.807) is 0 Å². The summed E-state index contributed by atoms with van der Waals surface area (Å²) in [6.45, 7) is 2.27. The number of hydrogen-bond acceptors (Lipinski definition) is 3. The highest BCUT2D eigenvalue weighted by atomic mass is 16.2. The number of aromatic nitrogens is 3. The fourth-order valence-electron chi connectivity index (χ4n) is 3.33. The molecule has 0 bridgehead atoms. The average Bonchev–Trinajstić information content (AvgIpc) is 3.12. The van der Waals surface area contributed by atoms with Gasteiger partial charge in [-0.3, -0.25) is 4.79 Å². The molecular weight excluding hydrogens is 334 g/mol. The average molecular weight is 370 g/mol. The fourth-order valence-corrected chi connectivity index (χ4v) is 3.33. The molecule has 1 heterocycles. The molecule has 0 saturated heterocycles. The van der Waals surface area contributed by atoms with Crippen LogP contribution in [0.5, 0.6) is 0 Å². The Morgan fingerprint density at radius 1 is 0.889 bits per heavy atom. The SMILES string of the molecule is CCCCCCCCCC/C=C/CCCCC(=O)n1nnc2ccccc21. The normalized spacial score (nSPS) is 11.6. The standard InChI is InChI=1S/C23H35N3O/c1-2-3-4-5-6-7-8-9-10-11-12-13-14-15-20-23(27)26-22-19-17-16-18-21(22)24-25-26/h11-12,16-19H,2-10,13-15,20H2,1H3/b12-11+. The van der Waals surface area contributed by atoms with E-state index in [9.17, 15) is 4.79 Å². The van der Waals surface area contributed by atoms with E-state index in [0.29, 0.717) is 6.42 Å². The van der Waals surface area contributed by atoms with Crippen molar-refractivity contribution in [3.8, 4) is 0 Å². The van der Waals surface area contributed by atoms with E-state index in [-0.39, 0.29) is 5.91 Å². The molecule has 0 unspecified atom stereocenters. The van der Waals surface area contributed by atoms with E-state index in [2.05, 4.69) is 29.4 Å². The van der Waals surface area contributed by atoms with Gasteiger partial charge in [0.15, 0.2) is 0 Å². The van der Waals surface area contributed by atoms with E-state index in [1.165, 1.54) is 62.5 Å². The highest BCUT2D eigenvalue weighted by Crippen LogP contribution is 2.12. The lowest BCUT2D eigenvalue weighted by Gasteiger charge is -2.01. The first-order chi connectivity index (χ1) is 13.3. The molecule has 2 aromatic rings. The number of fused-ring (bicyclic) bond motifs is 1. The van der Waals surface area contributed by atoms with Crippen LogP contribution in [0.4, 0.5) is 0 Å². The van der Waals surface area contributed by atoms with Gasteiger partial charge in [-0.15, -0.1) is 5.10 Å². The molecule has 4 nitrogen and oxygen atoms in total. The Labute approximate surface area is 164 Å². The first kappa shape index (κ1) is 21.3. The van der Waals surface area contributed by atoms with Crippen LogP contribution in [0.1, 0.15) is 95.2 Å². The zero-order valence-corrected chi connectivity index (χ0v) is 16.9. The summed E-state index contributed by atoms with van der Waals surface area (Å²) in [5.74, 6) is 0.0339. The summed E-state index contributed by atoms with van der Waals surface area (Å²) in [4.78, 5) is 12.3. The minimum Gasteiger partial charge on any atom is -0.273 e. The van der Waals surface area contributed by atoms with Crippen molar-refractivity contribution in [3.63, 3.8) is 0 Å². The van der Waals surface area contributed by atoms with Gasteiger partial charge in [-0.05, 0) is 44.2 Å². The number of rotatable bonds is 14. The zero-order chi connectivity index (χ0) is 19.2. The van der Waals surface area contributed by atoms with Crippen molar-refractivity contribution in [2.75, 3.05) is 0 Å². The monoisotopic (exact) mass is 369 g/mol. The molecule has 0 radical (unpaired) electrons. The first-order valence-corrected chi connectivity index (χ1v) is 10.8. The predicted octanol–water partition coefficient (Wildman–Crippen LogP) is 6.72. The molecule has 0 amide bonds. The molecular formula is C23H35N3O. The second kappa shape index (κ2) is 13.2. The summed E-state index contributed by atoms with van der Waals surface area (Å²) in [6.07, 6.45) is 20.3. The van der Waals surface area contributed by atoms with Crippen LogP contribution >= 0.6 is 0 Å². The highest BCUT2D eigenvalue weighted by molar-refractivity contribution is 5.88. The Morgan fingerprint density at radius 3 is 2.26 bits per heavy atom. The molecule has 27 heavy (non-hydrogen) atoms. The largest absolute Gasteiger partial charge is 0.273 e. The number of benzene rings is 1. The maximum atomic E-state index is 12.3. The summed E-state index contributed by atoms with van der Waals surface area (Å²) in [6, 6.07) is 7.59. The maximum Gasteiger partial charge on any atom is 0.248 e. The van der Waals surface area contributed by atoms with Gasteiger partial charge < -0.3 is 0 Å². The maximum absolute atomic E-state index is 12.3. The van der Waals surface area contributed by atoms with Crippen LogP contribution in [-0.2, 0) is 0 Å². The lowest BCUT2D eigenvalue weighted by atomic mass is 10.1. The third-order valence-corrected chi connectivity index (χ3v) is 4.99. The Hall–Kier alpha value is -1.97. The van der Waals surface area contributed by atoms with Gasteiger partial charge in [0, 0.05) is 6.42 Å². The minimum atomic E-state index is 0.0339. The van der Waals surface area contributed by atoms with Crippen LogP contribution in [0.2, 0.25) is 0 Å². The summed E-state index contributed by atoms with van der Waals surface area (Å²) in [7, 11) is 0. The number of carbonyl (C=O) groups is 1. The van der Waals surface area contributed by atoms with Crippen molar-refractivity contribution in [2.45, 2.75) is 90.4 Å². The van der Waals surface area contributed by atoms with E-state index >= 15 is 0 Å². The number of unbranched alkanes of at least 4 members (excludes halogenated alkanes) is 10. The Kier molecular flexibility index (Phi) is 10.5. The van der Waals surface area contributed by atoms with Gasteiger partial charge in [-0.25, -0.2) is 0 Å². The van der Waals surface area contributed by atoms with Gasteiger partial charge in [0.05, 0.1) is 5.52 Å². The van der Waals surface area contributed by atoms with Crippen LogP contribution in [0.25, 0.3) is 11.0 Å². The van der Waals surface area contributed by atoms with E-state index in [0.717, 1.165) is 30.3 Å². The Balaban J connectivity index is 1.47. The molecule has 0 spiro atoms. The highest BCUT2D eigenvalue weighted by Gasteiger charge is 2.10. The number of carbonyl (C=O) groups excluding carboxylic acids is 1. The van der Waals surface area contributed by atoms with E-state index in [4.69, 9.17) is 0 Å². The van der Waals surface area contributed by atoms with Crippen LogP contribution < -0.4 is 0 Å². The molecule has 0 aliphatic heterocycles. The van der Waals surface area contributed by atoms with Gasteiger partial charge in [0.1, 0.15) is 5.52 Å². The molecule has 0 N–H and O–H groups in total. The molecule has 0 atom stereocenters. The van der Waals surface area contributed by atoms with Crippen molar-refractivity contribution >= 4 is 16.9 Å². The van der Waals surface area contributed by atoms with Crippen molar-refractivity contribution in [1.82, 2.24) is 15.0 Å². The van der Waals surface area contributed by atoms with Crippen LogP contribution in [0, 0.1) is 0 Å². The number of nitrogens with zero attached hydrogens (tertiary/aromatic N) is 3. The van der Waals surface area contributed by atoms with Gasteiger partial charge in [0.2, 0.25) is 5.91 Å². The van der Waals surface area contributed by atoms with Crippen molar-refractivity contribution in [1.29, 1.82) is 0 Å². The topological polar surface area (TPSA) is 47.8 Å². The Morgan fingerprint density at radius 2 is 1.52 bits per heavy atom. The smallest absolute Gasteiger partial charge is 0.248 e. The molecule has 1 aromatic carbocycles. The second-order valence-corrected chi connectivity index (χ2v) is 7.36. The molecule has 1 aromatic heterocycles. The number of hydrogen-bond donors (Lipinski definition) is 0. The summed E-state index contributed by atoms with van der Waals surface area (Å²) in [5, 5.41) is 8.02. The summed E-state index contributed by atoms with van der Waals surface area (Å²) >= 11 is 0. The lowest BCUT2D eigenvalue weighted by Crippen LogP contribution is -2.11. The Bertz CT molecular complexity index is 690. The van der Waals surface area contributed by atoms with Crippen molar-refractivity contribution in [3.05, 3.63) is 36.4 Å². The van der Waals surface area contributed by atoms with Gasteiger partial charge in [-0.1, -0.05) is 81.4 Å². The third-order valence-electron chi connectivity index (χ3n) is 4.99. The van der Waals surface area contributed by atoms with Crippen molar-refractivity contribution < 1.29 is 4.79 Å². The van der Waals surface area contributed by atoms with Crippen LogP contribution in [0.3, 0.4) is 0 Å². The fraction of sp³-hybridized carbons (Fsp3) is 0.609. The first-order valence-electron chi connectivity index (χ1n) is 10.8. The van der Waals surface area contributed by atoms with Crippen molar-refractivity contribution in [2.24, 2.45) is 0 Å². The zero-order valence-electron chi connectivity index (χ0n) is 16.9. The second-order valence-electron chi connectivity index (χ2n) is 7.36.